The van der Waals surface area contributed by atoms with Crippen molar-refractivity contribution in [3.8, 4) is 0 Å². The minimum Gasteiger partial charge on any atom is -0.384 e. The molecule has 1 atom stereocenters. The number of carbonyl (C=O) groups is 1. The quantitative estimate of drug-likeness (QED) is 0.648. The van der Waals surface area contributed by atoms with Crippen LogP contribution in [0, 0.1) is 6.92 Å². The number of hydrogen-bond donors (Lipinski definition) is 2. The van der Waals surface area contributed by atoms with Crippen LogP contribution in [0.5, 0.6) is 0 Å². The Balaban J connectivity index is 1.93. The molecule has 0 aliphatic rings. The van der Waals surface area contributed by atoms with Crippen LogP contribution in [0.15, 0.2) is 35.5 Å². The van der Waals surface area contributed by atoms with Gasteiger partial charge in [0.1, 0.15) is 5.82 Å². The summed E-state index contributed by atoms with van der Waals surface area (Å²) < 4.78 is 0. The number of hydrogen-bond acceptors (Lipinski definition) is 5. The molecule has 3 N–H and O–H groups in total. The van der Waals surface area contributed by atoms with E-state index in [-0.39, 0.29) is 11.2 Å². The molecule has 1 aromatic heterocycles. The highest BCUT2D eigenvalue weighted by molar-refractivity contribution is 8.00. The number of nitrogen functional groups attached to an aromatic ring is 1. The van der Waals surface area contributed by atoms with Gasteiger partial charge in [-0.25, -0.2) is 9.97 Å². The van der Waals surface area contributed by atoms with Gasteiger partial charge in [-0.05, 0) is 25.5 Å². The second-order valence-electron chi connectivity index (χ2n) is 4.79. The zero-order chi connectivity index (χ0) is 16.1. The Bertz CT molecular complexity index is 660. The molecular formula is C15H17ClN4OS. The van der Waals surface area contributed by atoms with Gasteiger partial charge in [-0.2, -0.15) is 0 Å². The molecule has 0 spiro atoms. The number of benzene rings is 1. The minimum atomic E-state index is -0.330. The van der Waals surface area contributed by atoms with Crippen molar-refractivity contribution in [2.45, 2.75) is 30.8 Å². The Kier molecular flexibility index (Phi) is 5.63. The molecule has 5 nitrogen and oxygen atoms in total. The van der Waals surface area contributed by atoms with Crippen LogP contribution in [0.3, 0.4) is 0 Å². The van der Waals surface area contributed by atoms with E-state index >= 15 is 0 Å². The Labute approximate surface area is 138 Å². The first kappa shape index (κ1) is 16.6. The molecule has 0 radical (unpaired) electrons. The summed E-state index contributed by atoms with van der Waals surface area (Å²) in [7, 11) is 0. The van der Waals surface area contributed by atoms with Crippen molar-refractivity contribution in [3.63, 3.8) is 0 Å². The topological polar surface area (TPSA) is 80.9 Å². The zero-order valence-electron chi connectivity index (χ0n) is 12.3. The maximum Gasteiger partial charge on any atom is 0.233 e. The Morgan fingerprint density at radius 2 is 2.14 bits per heavy atom. The summed E-state index contributed by atoms with van der Waals surface area (Å²) in [4.78, 5) is 20.5. The predicted molar refractivity (Wildman–Crippen MR) is 89.8 cm³/mol. The predicted octanol–water partition coefficient (Wildman–Crippen LogP) is 2.82. The SMILES string of the molecule is Cc1cc(N)nc(S[C@@H](C)C(=O)NCc2ccccc2Cl)n1. The molecule has 0 fully saturated rings. The van der Waals surface area contributed by atoms with Crippen molar-refractivity contribution >= 4 is 35.1 Å². The van der Waals surface area contributed by atoms with Crippen molar-refractivity contribution in [2.75, 3.05) is 5.73 Å². The van der Waals surface area contributed by atoms with Crippen molar-refractivity contribution < 1.29 is 4.79 Å². The number of nitrogens with zero attached hydrogens (tertiary/aromatic N) is 2. The lowest BCUT2D eigenvalue weighted by Crippen LogP contribution is -2.30. The van der Waals surface area contributed by atoms with Crippen LogP contribution in [0.25, 0.3) is 0 Å². The van der Waals surface area contributed by atoms with E-state index in [1.165, 1.54) is 11.8 Å². The monoisotopic (exact) mass is 336 g/mol. The van der Waals surface area contributed by atoms with E-state index < -0.39 is 0 Å². The maximum atomic E-state index is 12.1. The van der Waals surface area contributed by atoms with Gasteiger partial charge >= 0.3 is 0 Å². The van der Waals surface area contributed by atoms with Crippen LogP contribution in [0.1, 0.15) is 18.2 Å². The molecular weight excluding hydrogens is 320 g/mol. The molecule has 0 saturated carbocycles. The first-order valence-corrected chi connectivity index (χ1v) is 8.00. The van der Waals surface area contributed by atoms with E-state index in [1.807, 2.05) is 25.1 Å². The van der Waals surface area contributed by atoms with E-state index in [0.29, 0.717) is 22.5 Å². The van der Waals surface area contributed by atoms with E-state index in [0.717, 1.165) is 11.3 Å². The van der Waals surface area contributed by atoms with Gasteiger partial charge < -0.3 is 11.1 Å². The fourth-order valence-electron chi connectivity index (χ4n) is 1.80. The van der Waals surface area contributed by atoms with Crippen LogP contribution in [0.2, 0.25) is 5.02 Å². The van der Waals surface area contributed by atoms with Crippen molar-refractivity contribution in [3.05, 3.63) is 46.6 Å². The van der Waals surface area contributed by atoms with Crippen molar-refractivity contribution in [2.24, 2.45) is 0 Å². The lowest BCUT2D eigenvalue weighted by atomic mass is 10.2. The molecule has 22 heavy (non-hydrogen) atoms. The number of anilines is 1. The summed E-state index contributed by atoms with van der Waals surface area (Å²) in [6.07, 6.45) is 0. The Hall–Kier alpha value is -1.79. The summed E-state index contributed by atoms with van der Waals surface area (Å²) in [6, 6.07) is 9.10. The molecule has 7 heteroatoms. The van der Waals surface area contributed by atoms with Gasteiger partial charge in [0.2, 0.25) is 5.91 Å². The van der Waals surface area contributed by atoms with Crippen LogP contribution >= 0.6 is 23.4 Å². The van der Waals surface area contributed by atoms with Crippen molar-refractivity contribution in [1.82, 2.24) is 15.3 Å². The summed E-state index contributed by atoms with van der Waals surface area (Å²) in [6.45, 7) is 4.03. The fourth-order valence-corrected chi connectivity index (χ4v) is 2.86. The molecule has 2 rings (SSSR count). The number of amides is 1. The number of thioether (sulfide) groups is 1. The zero-order valence-corrected chi connectivity index (χ0v) is 13.9. The van der Waals surface area contributed by atoms with Crippen molar-refractivity contribution in [1.29, 1.82) is 0 Å². The fraction of sp³-hybridized carbons (Fsp3) is 0.267. The average Bonchev–Trinajstić information content (AvgIpc) is 2.45. The Morgan fingerprint density at radius 1 is 1.41 bits per heavy atom. The second kappa shape index (κ2) is 7.47. The maximum absolute atomic E-state index is 12.1. The van der Waals surface area contributed by atoms with E-state index in [9.17, 15) is 4.79 Å². The average molecular weight is 337 g/mol. The number of nitrogens with one attached hydrogen (secondary N) is 1. The smallest absolute Gasteiger partial charge is 0.233 e. The number of aryl methyl sites for hydroxylation is 1. The van der Waals surface area contributed by atoms with E-state index in [4.69, 9.17) is 17.3 Å². The lowest BCUT2D eigenvalue weighted by molar-refractivity contribution is -0.120. The number of halogens is 1. The van der Waals surface area contributed by atoms with Crippen LogP contribution < -0.4 is 11.1 Å². The summed E-state index contributed by atoms with van der Waals surface area (Å²) >= 11 is 7.33. The summed E-state index contributed by atoms with van der Waals surface area (Å²) in [5, 5.41) is 3.66. The van der Waals surface area contributed by atoms with Gasteiger partial charge in [-0.1, -0.05) is 41.6 Å². The Morgan fingerprint density at radius 3 is 2.82 bits per heavy atom. The largest absolute Gasteiger partial charge is 0.384 e. The third-order valence-corrected chi connectivity index (χ3v) is 4.25. The van der Waals surface area contributed by atoms with Gasteiger partial charge in [0.15, 0.2) is 5.16 Å². The first-order chi connectivity index (χ1) is 10.5. The van der Waals surface area contributed by atoms with Crippen LogP contribution in [-0.4, -0.2) is 21.1 Å². The highest BCUT2D eigenvalue weighted by atomic mass is 35.5. The van der Waals surface area contributed by atoms with Crippen LogP contribution in [-0.2, 0) is 11.3 Å². The molecule has 1 amide bonds. The molecule has 0 aliphatic heterocycles. The molecule has 0 unspecified atom stereocenters. The van der Waals surface area contributed by atoms with E-state index in [1.54, 1.807) is 19.1 Å². The van der Waals surface area contributed by atoms with Crippen LogP contribution in [0.4, 0.5) is 5.82 Å². The number of nitrogens with two attached hydrogens (primary N) is 1. The third kappa shape index (κ3) is 4.61. The summed E-state index contributed by atoms with van der Waals surface area (Å²) in [5.41, 5.74) is 7.34. The standard InChI is InChI=1S/C15H17ClN4OS/c1-9-7-13(17)20-15(19-9)22-10(2)14(21)18-8-11-5-3-4-6-12(11)16/h3-7,10H,8H2,1-2H3,(H,18,21)(H2,17,19,20)/t10-/m0/s1. The van der Waals surface area contributed by atoms with Gasteiger partial charge in [0.25, 0.3) is 0 Å². The first-order valence-electron chi connectivity index (χ1n) is 6.74. The number of rotatable bonds is 5. The minimum absolute atomic E-state index is 0.103. The van der Waals surface area contributed by atoms with Gasteiger partial charge in [-0.15, -0.1) is 0 Å². The van der Waals surface area contributed by atoms with Gasteiger partial charge in [0.05, 0.1) is 5.25 Å². The molecule has 1 aromatic carbocycles. The van der Waals surface area contributed by atoms with E-state index in [2.05, 4.69) is 15.3 Å². The molecule has 0 bridgehead atoms. The molecule has 1 heterocycles. The molecule has 0 saturated heterocycles. The summed E-state index contributed by atoms with van der Waals surface area (Å²) in [5.74, 6) is 0.298. The molecule has 116 valence electrons. The third-order valence-electron chi connectivity index (χ3n) is 2.92. The van der Waals surface area contributed by atoms with Gasteiger partial charge in [-0.3, -0.25) is 4.79 Å². The highest BCUT2D eigenvalue weighted by Crippen LogP contribution is 2.21. The van der Waals surface area contributed by atoms with Gasteiger partial charge in [0, 0.05) is 23.3 Å². The number of carbonyl (C=O) groups excluding carboxylic acids is 1. The number of aromatic nitrogens is 2. The molecule has 2 aromatic rings. The second-order valence-corrected chi connectivity index (χ2v) is 6.50. The highest BCUT2D eigenvalue weighted by Gasteiger charge is 2.16. The normalized spacial score (nSPS) is 12.0. The molecule has 0 aliphatic carbocycles. The lowest BCUT2D eigenvalue weighted by Gasteiger charge is -2.12.